The second-order valence-corrected chi connectivity index (χ2v) is 4.52. The molecular formula is C14H16F3N3. The van der Waals surface area contributed by atoms with E-state index in [1.807, 2.05) is 13.1 Å². The third-order valence-electron chi connectivity index (χ3n) is 2.86. The maximum absolute atomic E-state index is 12.6. The van der Waals surface area contributed by atoms with Gasteiger partial charge in [0.1, 0.15) is 0 Å². The van der Waals surface area contributed by atoms with Gasteiger partial charge in [0.2, 0.25) is 0 Å². The topological polar surface area (TPSA) is 29.9 Å². The molecule has 0 spiro atoms. The predicted molar refractivity (Wildman–Crippen MR) is 70.2 cm³/mol. The molecule has 3 nitrogen and oxygen atoms in total. The minimum absolute atomic E-state index is 0.329. The lowest BCUT2D eigenvalue weighted by molar-refractivity contribution is -0.137. The number of alkyl halides is 3. The number of aromatic nitrogens is 2. The van der Waals surface area contributed by atoms with Gasteiger partial charge in [0.15, 0.2) is 0 Å². The molecule has 0 aliphatic heterocycles. The molecule has 0 amide bonds. The summed E-state index contributed by atoms with van der Waals surface area (Å²) in [5.74, 6) is 0. The largest absolute Gasteiger partial charge is 0.416 e. The van der Waals surface area contributed by atoms with Crippen molar-refractivity contribution in [2.24, 2.45) is 0 Å². The number of nitrogens with one attached hydrogen (secondary N) is 1. The summed E-state index contributed by atoms with van der Waals surface area (Å²) in [4.78, 5) is 0. The minimum atomic E-state index is -4.31. The molecule has 0 saturated heterocycles. The molecule has 0 radical (unpaired) electrons. The van der Waals surface area contributed by atoms with E-state index >= 15 is 0 Å². The molecule has 2 rings (SSSR count). The van der Waals surface area contributed by atoms with Crippen LogP contribution >= 0.6 is 0 Å². The average molecular weight is 283 g/mol. The minimum Gasteiger partial charge on any atom is -0.313 e. The van der Waals surface area contributed by atoms with Crippen molar-refractivity contribution < 1.29 is 13.2 Å². The zero-order valence-corrected chi connectivity index (χ0v) is 11.1. The van der Waals surface area contributed by atoms with Crippen molar-refractivity contribution >= 4 is 0 Å². The smallest absolute Gasteiger partial charge is 0.313 e. The molecule has 1 aromatic carbocycles. The van der Waals surface area contributed by atoms with Gasteiger partial charge in [-0.3, -0.25) is 4.68 Å². The van der Waals surface area contributed by atoms with Gasteiger partial charge in [-0.25, -0.2) is 0 Å². The zero-order valence-electron chi connectivity index (χ0n) is 11.1. The van der Waals surface area contributed by atoms with Crippen molar-refractivity contribution in [1.82, 2.24) is 15.1 Å². The maximum atomic E-state index is 12.6. The average Bonchev–Trinajstić information content (AvgIpc) is 2.83. The van der Waals surface area contributed by atoms with Crippen LogP contribution < -0.4 is 5.32 Å². The Balaban J connectivity index is 2.08. The molecule has 0 fully saturated rings. The van der Waals surface area contributed by atoms with E-state index in [9.17, 15) is 13.2 Å². The summed E-state index contributed by atoms with van der Waals surface area (Å²) in [7, 11) is 0. The Bertz CT molecular complexity index is 561. The number of hydrogen-bond donors (Lipinski definition) is 1. The molecule has 0 unspecified atom stereocenters. The molecule has 1 N–H and O–H groups in total. The lowest BCUT2D eigenvalue weighted by Crippen LogP contribution is -2.11. The molecule has 0 aliphatic carbocycles. The van der Waals surface area contributed by atoms with Crippen LogP contribution in [0.4, 0.5) is 13.2 Å². The van der Waals surface area contributed by atoms with Gasteiger partial charge in [-0.15, -0.1) is 0 Å². The van der Waals surface area contributed by atoms with Crippen molar-refractivity contribution in [2.45, 2.75) is 26.2 Å². The van der Waals surface area contributed by atoms with Crippen molar-refractivity contribution in [3.63, 3.8) is 0 Å². The highest BCUT2D eigenvalue weighted by Gasteiger charge is 2.30. The van der Waals surface area contributed by atoms with Gasteiger partial charge >= 0.3 is 6.18 Å². The van der Waals surface area contributed by atoms with Crippen LogP contribution in [0.5, 0.6) is 0 Å². The van der Waals surface area contributed by atoms with Crippen LogP contribution in [-0.2, 0) is 19.3 Å². The summed E-state index contributed by atoms with van der Waals surface area (Å²) in [6, 6.07) is 5.32. The summed E-state index contributed by atoms with van der Waals surface area (Å²) in [5.41, 5.74) is 0.965. The van der Waals surface area contributed by atoms with Gasteiger partial charge in [-0.05, 0) is 24.2 Å². The van der Waals surface area contributed by atoms with Crippen LogP contribution in [0.3, 0.4) is 0 Å². The molecule has 108 valence electrons. The Morgan fingerprint density at radius 3 is 2.75 bits per heavy atom. The van der Waals surface area contributed by atoms with Gasteiger partial charge in [0.25, 0.3) is 0 Å². The third kappa shape index (κ3) is 3.84. The van der Waals surface area contributed by atoms with Crippen LogP contribution in [0.1, 0.15) is 23.6 Å². The quantitative estimate of drug-likeness (QED) is 0.914. The molecule has 0 bridgehead atoms. The van der Waals surface area contributed by atoms with E-state index in [0.717, 1.165) is 24.2 Å². The monoisotopic (exact) mass is 283 g/mol. The Kier molecular flexibility index (Phi) is 4.44. The van der Waals surface area contributed by atoms with Gasteiger partial charge in [0.05, 0.1) is 18.3 Å². The molecular weight excluding hydrogens is 267 g/mol. The van der Waals surface area contributed by atoms with Crippen LogP contribution in [0, 0.1) is 0 Å². The van der Waals surface area contributed by atoms with Crippen molar-refractivity contribution in [3.8, 4) is 0 Å². The van der Waals surface area contributed by atoms with E-state index < -0.39 is 11.7 Å². The molecule has 0 atom stereocenters. The summed E-state index contributed by atoms with van der Waals surface area (Å²) >= 11 is 0. The number of nitrogens with zero attached hydrogens (tertiary/aromatic N) is 2. The number of benzene rings is 1. The van der Waals surface area contributed by atoms with E-state index in [2.05, 4.69) is 10.4 Å². The van der Waals surface area contributed by atoms with Crippen LogP contribution in [-0.4, -0.2) is 16.3 Å². The number of hydrogen-bond acceptors (Lipinski definition) is 2. The van der Waals surface area contributed by atoms with Gasteiger partial charge in [-0.1, -0.05) is 19.1 Å². The van der Waals surface area contributed by atoms with Crippen molar-refractivity contribution in [3.05, 3.63) is 53.3 Å². The van der Waals surface area contributed by atoms with E-state index in [-0.39, 0.29) is 0 Å². The van der Waals surface area contributed by atoms with Crippen molar-refractivity contribution in [2.75, 3.05) is 6.54 Å². The first-order valence-electron chi connectivity index (χ1n) is 6.37. The lowest BCUT2D eigenvalue weighted by Gasteiger charge is -2.08. The highest BCUT2D eigenvalue weighted by Crippen LogP contribution is 2.29. The zero-order chi connectivity index (χ0) is 14.6. The van der Waals surface area contributed by atoms with Crippen LogP contribution in [0.2, 0.25) is 0 Å². The lowest BCUT2D eigenvalue weighted by atomic mass is 10.1. The maximum Gasteiger partial charge on any atom is 0.416 e. The first kappa shape index (κ1) is 14.6. The molecule has 0 saturated carbocycles. The SMILES string of the molecule is CCNCc1cnn(Cc2cccc(C(F)(F)F)c2)c1. The Morgan fingerprint density at radius 1 is 1.25 bits per heavy atom. The molecule has 1 aromatic heterocycles. The highest BCUT2D eigenvalue weighted by atomic mass is 19.4. The second-order valence-electron chi connectivity index (χ2n) is 4.52. The Morgan fingerprint density at radius 2 is 2.05 bits per heavy atom. The first-order chi connectivity index (χ1) is 9.49. The first-order valence-corrected chi connectivity index (χ1v) is 6.37. The Hall–Kier alpha value is -1.82. The summed E-state index contributed by atoms with van der Waals surface area (Å²) in [6.07, 6.45) is -0.754. The summed E-state index contributed by atoms with van der Waals surface area (Å²) in [5, 5.41) is 7.32. The van der Waals surface area contributed by atoms with E-state index in [1.165, 1.54) is 6.07 Å². The highest BCUT2D eigenvalue weighted by molar-refractivity contribution is 5.25. The van der Waals surface area contributed by atoms with Crippen LogP contribution in [0.25, 0.3) is 0 Å². The Labute approximate surface area is 115 Å². The fourth-order valence-corrected chi connectivity index (χ4v) is 1.89. The molecule has 6 heteroatoms. The third-order valence-corrected chi connectivity index (χ3v) is 2.86. The summed E-state index contributed by atoms with van der Waals surface area (Å²) in [6.45, 7) is 3.90. The standard InChI is InChI=1S/C14H16F3N3/c1-2-18-7-12-8-19-20(10-12)9-11-4-3-5-13(6-11)14(15,16)17/h3-6,8,10,18H,2,7,9H2,1H3. The molecule has 1 heterocycles. The normalized spacial score (nSPS) is 11.8. The van der Waals surface area contributed by atoms with Gasteiger partial charge in [0, 0.05) is 18.3 Å². The van der Waals surface area contributed by atoms with Gasteiger partial charge < -0.3 is 5.32 Å². The number of halogens is 3. The molecule has 20 heavy (non-hydrogen) atoms. The second kappa shape index (κ2) is 6.09. The fraction of sp³-hybridized carbons (Fsp3) is 0.357. The van der Waals surface area contributed by atoms with Crippen LogP contribution in [0.15, 0.2) is 36.7 Å². The predicted octanol–water partition coefficient (Wildman–Crippen LogP) is 3.06. The van der Waals surface area contributed by atoms with E-state index in [1.54, 1.807) is 16.9 Å². The van der Waals surface area contributed by atoms with Gasteiger partial charge in [-0.2, -0.15) is 18.3 Å². The van der Waals surface area contributed by atoms with E-state index in [0.29, 0.717) is 18.7 Å². The summed E-state index contributed by atoms with van der Waals surface area (Å²) < 4.78 is 39.5. The van der Waals surface area contributed by atoms with E-state index in [4.69, 9.17) is 0 Å². The molecule has 2 aromatic rings. The van der Waals surface area contributed by atoms with Crippen molar-refractivity contribution in [1.29, 1.82) is 0 Å². The molecule has 0 aliphatic rings. The fourth-order valence-electron chi connectivity index (χ4n) is 1.89. The number of rotatable bonds is 5.